The van der Waals surface area contributed by atoms with E-state index in [9.17, 15) is 14.0 Å². The highest BCUT2D eigenvalue weighted by molar-refractivity contribution is 6.09. The Morgan fingerprint density at radius 3 is 2.23 bits per heavy atom. The van der Waals surface area contributed by atoms with Crippen LogP contribution in [0.25, 0.3) is 0 Å². The van der Waals surface area contributed by atoms with Gasteiger partial charge in [-0.05, 0) is 45.0 Å². The molecule has 0 saturated carbocycles. The van der Waals surface area contributed by atoms with E-state index < -0.39 is 11.6 Å². The van der Waals surface area contributed by atoms with Crippen molar-refractivity contribution in [2.24, 2.45) is 7.05 Å². The van der Waals surface area contributed by atoms with Gasteiger partial charge in [-0.3, -0.25) is 9.59 Å². The predicted molar refractivity (Wildman–Crippen MR) is 82.5 cm³/mol. The molecule has 1 amide bonds. The van der Waals surface area contributed by atoms with Gasteiger partial charge in [0.2, 0.25) is 5.78 Å². The lowest BCUT2D eigenvalue weighted by Gasteiger charge is -2.20. The molecule has 1 N–H and O–H groups in total. The van der Waals surface area contributed by atoms with E-state index in [1.807, 2.05) is 20.8 Å². The molecule has 2 aromatic rings. The molecule has 1 heterocycles. The fourth-order valence-corrected chi connectivity index (χ4v) is 2.16. The monoisotopic (exact) mass is 302 g/mol. The number of carbonyl (C=O) groups is 2. The van der Waals surface area contributed by atoms with Crippen LogP contribution in [0.1, 0.15) is 47.3 Å². The summed E-state index contributed by atoms with van der Waals surface area (Å²) in [5.41, 5.74) is 0.238. The van der Waals surface area contributed by atoms with Crippen LogP contribution in [0, 0.1) is 5.82 Å². The zero-order chi connectivity index (χ0) is 16.5. The van der Waals surface area contributed by atoms with Crippen LogP contribution in [0.3, 0.4) is 0 Å². The maximum atomic E-state index is 13.7. The van der Waals surface area contributed by atoms with Crippen molar-refractivity contribution in [2.75, 3.05) is 0 Å². The fourth-order valence-electron chi connectivity index (χ4n) is 2.16. The van der Waals surface area contributed by atoms with Gasteiger partial charge < -0.3 is 9.88 Å². The Morgan fingerprint density at radius 1 is 1.05 bits per heavy atom. The van der Waals surface area contributed by atoms with Crippen molar-refractivity contribution >= 4 is 11.7 Å². The third-order valence-corrected chi connectivity index (χ3v) is 3.19. The third kappa shape index (κ3) is 3.24. The predicted octanol–water partition coefficient (Wildman–Crippen LogP) is 2.92. The molecule has 0 aliphatic heterocycles. The Morgan fingerprint density at radius 2 is 1.64 bits per heavy atom. The smallest absolute Gasteiger partial charge is 0.268 e. The highest BCUT2D eigenvalue weighted by Gasteiger charge is 2.22. The zero-order valence-electron chi connectivity index (χ0n) is 13.1. The molecule has 0 unspecified atom stereocenters. The summed E-state index contributed by atoms with van der Waals surface area (Å²) in [5.74, 6) is -1.30. The van der Waals surface area contributed by atoms with Crippen molar-refractivity contribution < 1.29 is 14.0 Å². The lowest BCUT2D eigenvalue weighted by Crippen LogP contribution is -2.41. The topological polar surface area (TPSA) is 51.1 Å². The van der Waals surface area contributed by atoms with Crippen LogP contribution < -0.4 is 5.32 Å². The minimum atomic E-state index is -0.575. The molecule has 5 heteroatoms. The van der Waals surface area contributed by atoms with E-state index >= 15 is 0 Å². The first-order chi connectivity index (χ1) is 10.2. The first-order valence-corrected chi connectivity index (χ1v) is 6.98. The van der Waals surface area contributed by atoms with Gasteiger partial charge in [-0.25, -0.2) is 4.39 Å². The van der Waals surface area contributed by atoms with Gasteiger partial charge in [-0.2, -0.15) is 0 Å². The molecule has 0 bridgehead atoms. The molecule has 1 aromatic carbocycles. The number of carbonyl (C=O) groups excluding carboxylic acids is 2. The van der Waals surface area contributed by atoms with Crippen molar-refractivity contribution in [3.63, 3.8) is 0 Å². The van der Waals surface area contributed by atoms with E-state index in [-0.39, 0.29) is 22.7 Å². The summed E-state index contributed by atoms with van der Waals surface area (Å²) in [6.07, 6.45) is 0. The number of nitrogens with zero attached hydrogens (tertiary/aromatic N) is 1. The summed E-state index contributed by atoms with van der Waals surface area (Å²) in [6, 6.07) is 8.90. The Hall–Kier alpha value is -2.43. The Labute approximate surface area is 129 Å². The first-order valence-electron chi connectivity index (χ1n) is 6.98. The van der Waals surface area contributed by atoms with Crippen LogP contribution >= 0.6 is 0 Å². The number of amides is 1. The van der Waals surface area contributed by atoms with Gasteiger partial charge >= 0.3 is 0 Å². The number of benzene rings is 1. The van der Waals surface area contributed by atoms with Crippen LogP contribution in [-0.2, 0) is 7.05 Å². The van der Waals surface area contributed by atoms with Crippen LogP contribution in [0.2, 0.25) is 0 Å². The molecule has 4 nitrogen and oxygen atoms in total. The number of nitrogens with one attached hydrogen (secondary N) is 1. The summed E-state index contributed by atoms with van der Waals surface area (Å²) in [6.45, 7) is 5.62. The molecule has 0 aliphatic rings. The summed E-state index contributed by atoms with van der Waals surface area (Å²) >= 11 is 0. The zero-order valence-corrected chi connectivity index (χ0v) is 13.1. The molecule has 0 saturated heterocycles. The number of ketones is 1. The summed E-state index contributed by atoms with van der Waals surface area (Å²) in [5, 5.41) is 2.83. The van der Waals surface area contributed by atoms with Gasteiger partial charge in [0.05, 0.1) is 11.3 Å². The maximum Gasteiger partial charge on any atom is 0.268 e. The van der Waals surface area contributed by atoms with Gasteiger partial charge in [-0.1, -0.05) is 12.1 Å². The molecule has 1 aromatic heterocycles. The van der Waals surface area contributed by atoms with Gasteiger partial charge in [0.1, 0.15) is 11.5 Å². The number of hydrogen-bond donors (Lipinski definition) is 1. The standard InChI is InChI=1S/C17H19FN2O2/c1-17(2,3)19-16(22)14-10-9-13(20(14)4)15(21)11-7-5-6-8-12(11)18/h5-10H,1-4H3,(H,19,22). The number of hydrogen-bond acceptors (Lipinski definition) is 2. The summed E-state index contributed by atoms with van der Waals surface area (Å²) in [4.78, 5) is 24.6. The molecular formula is C17H19FN2O2. The molecule has 0 atom stereocenters. The third-order valence-electron chi connectivity index (χ3n) is 3.19. The maximum absolute atomic E-state index is 13.7. The van der Waals surface area contributed by atoms with Crippen LogP contribution in [-0.4, -0.2) is 21.8 Å². The SMILES string of the molecule is Cn1c(C(=O)NC(C)(C)C)ccc1C(=O)c1ccccc1F. The van der Waals surface area contributed by atoms with Crippen LogP contribution in [0.5, 0.6) is 0 Å². The normalized spacial score (nSPS) is 11.3. The largest absolute Gasteiger partial charge is 0.346 e. The minimum absolute atomic E-state index is 0.00789. The van der Waals surface area contributed by atoms with E-state index in [2.05, 4.69) is 5.32 Å². The van der Waals surface area contributed by atoms with E-state index in [4.69, 9.17) is 0 Å². The lowest BCUT2D eigenvalue weighted by molar-refractivity contribution is 0.0911. The van der Waals surface area contributed by atoms with Crippen LogP contribution in [0.15, 0.2) is 36.4 Å². The molecule has 0 radical (unpaired) electrons. The molecule has 0 spiro atoms. The van der Waals surface area contributed by atoms with E-state index in [1.54, 1.807) is 19.2 Å². The number of aromatic nitrogens is 1. The fraction of sp³-hybridized carbons (Fsp3) is 0.294. The van der Waals surface area contributed by atoms with Gasteiger partial charge in [0, 0.05) is 12.6 Å². The minimum Gasteiger partial charge on any atom is -0.346 e. The van der Waals surface area contributed by atoms with Gasteiger partial charge in [-0.15, -0.1) is 0 Å². The lowest BCUT2D eigenvalue weighted by atomic mass is 10.1. The quantitative estimate of drug-likeness (QED) is 0.886. The molecular weight excluding hydrogens is 283 g/mol. The van der Waals surface area contributed by atoms with Gasteiger partial charge in [0.15, 0.2) is 0 Å². The Bertz CT molecular complexity index is 727. The van der Waals surface area contributed by atoms with Crippen molar-refractivity contribution in [1.29, 1.82) is 0 Å². The molecule has 0 fully saturated rings. The average Bonchev–Trinajstić information content (AvgIpc) is 2.78. The van der Waals surface area contributed by atoms with Crippen LogP contribution in [0.4, 0.5) is 4.39 Å². The van der Waals surface area contributed by atoms with Gasteiger partial charge in [0.25, 0.3) is 5.91 Å². The van der Waals surface area contributed by atoms with Crippen molar-refractivity contribution in [1.82, 2.24) is 9.88 Å². The average molecular weight is 302 g/mol. The molecule has 0 aliphatic carbocycles. The van der Waals surface area contributed by atoms with Crippen molar-refractivity contribution in [2.45, 2.75) is 26.3 Å². The second-order valence-electron chi connectivity index (χ2n) is 6.18. The summed E-state index contributed by atoms with van der Waals surface area (Å²) in [7, 11) is 1.62. The Balaban J connectivity index is 2.34. The number of halogens is 1. The van der Waals surface area contributed by atoms with E-state index in [1.165, 1.54) is 28.8 Å². The second kappa shape index (κ2) is 5.75. The van der Waals surface area contributed by atoms with E-state index in [0.717, 1.165) is 0 Å². The summed E-state index contributed by atoms with van der Waals surface area (Å²) < 4.78 is 15.2. The molecule has 2 rings (SSSR count). The second-order valence-corrected chi connectivity index (χ2v) is 6.18. The van der Waals surface area contributed by atoms with Crippen molar-refractivity contribution in [3.05, 3.63) is 59.2 Å². The molecule has 116 valence electrons. The highest BCUT2D eigenvalue weighted by Crippen LogP contribution is 2.16. The van der Waals surface area contributed by atoms with E-state index in [0.29, 0.717) is 5.69 Å². The first kappa shape index (κ1) is 15.9. The molecule has 22 heavy (non-hydrogen) atoms. The number of rotatable bonds is 3. The van der Waals surface area contributed by atoms with Crippen molar-refractivity contribution in [3.8, 4) is 0 Å². The highest BCUT2D eigenvalue weighted by atomic mass is 19.1. The Kier molecular flexibility index (Phi) is 4.17.